The second-order valence-corrected chi connectivity index (χ2v) is 8.87. The predicted molar refractivity (Wildman–Crippen MR) is 129 cm³/mol. The van der Waals surface area contributed by atoms with Gasteiger partial charge in [0.1, 0.15) is 6.61 Å². The summed E-state index contributed by atoms with van der Waals surface area (Å²) >= 11 is 0. The summed E-state index contributed by atoms with van der Waals surface area (Å²) < 4.78 is 5.15. The zero-order valence-corrected chi connectivity index (χ0v) is 20.1. The first kappa shape index (κ1) is 24.9. The molecule has 2 amide bonds. The molecule has 0 aliphatic carbocycles. The fraction of sp³-hybridized carbons (Fsp3) is 0.560. The number of anilines is 1. The summed E-state index contributed by atoms with van der Waals surface area (Å²) in [6.07, 6.45) is 6.63. The molecule has 0 fully saturated rings. The van der Waals surface area contributed by atoms with Crippen LogP contribution in [0.3, 0.4) is 0 Å². The third-order valence-electron chi connectivity index (χ3n) is 6.19. The van der Waals surface area contributed by atoms with E-state index in [0.717, 1.165) is 49.2 Å². The molecule has 0 saturated carbocycles. The third kappa shape index (κ3) is 7.14. The average molecular weight is 456 g/mol. The summed E-state index contributed by atoms with van der Waals surface area (Å²) in [7, 11) is 1.54. The lowest BCUT2D eigenvalue weighted by molar-refractivity contribution is -0.132. The first-order valence-corrected chi connectivity index (χ1v) is 11.9. The van der Waals surface area contributed by atoms with Crippen molar-refractivity contribution in [2.24, 2.45) is 0 Å². The van der Waals surface area contributed by atoms with Crippen molar-refractivity contribution in [3.8, 4) is 0 Å². The molecule has 8 nitrogen and oxygen atoms in total. The van der Waals surface area contributed by atoms with Crippen LogP contribution in [0.2, 0.25) is 0 Å². The number of benzene rings is 1. The van der Waals surface area contributed by atoms with E-state index in [9.17, 15) is 9.59 Å². The zero-order valence-electron chi connectivity index (χ0n) is 20.1. The number of aromatic amines is 1. The van der Waals surface area contributed by atoms with Gasteiger partial charge < -0.3 is 14.5 Å². The third-order valence-corrected chi connectivity index (χ3v) is 6.19. The fourth-order valence-corrected chi connectivity index (χ4v) is 4.31. The largest absolute Gasteiger partial charge is 0.375 e. The van der Waals surface area contributed by atoms with Crippen molar-refractivity contribution in [1.29, 1.82) is 0 Å². The SMILES string of the molecule is COCC(=O)N1CCCN(C(C)C)CCN(C(=O)CCCc2cn[nH]c2)Cc2ccccc21. The zero-order chi connectivity index (χ0) is 23.6. The van der Waals surface area contributed by atoms with Crippen molar-refractivity contribution in [1.82, 2.24) is 20.0 Å². The highest BCUT2D eigenvalue weighted by Gasteiger charge is 2.24. The van der Waals surface area contributed by atoms with E-state index in [1.165, 1.54) is 0 Å². The molecular formula is C25H37N5O3. The van der Waals surface area contributed by atoms with E-state index < -0.39 is 0 Å². The number of aromatic nitrogens is 2. The van der Waals surface area contributed by atoms with Gasteiger partial charge in [-0.05, 0) is 50.3 Å². The lowest BCUT2D eigenvalue weighted by atomic mass is 10.1. The minimum absolute atomic E-state index is 0.0406. The smallest absolute Gasteiger partial charge is 0.252 e. The monoisotopic (exact) mass is 455 g/mol. The molecule has 2 heterocycles. The van der Waals surface area contributed by atoms with Gasteiger partial charge in [0, 0.05) is 64.2 Å². The molecule has 180 valence electrons. The molecule has 0 bridgehead atoms. The fourth-order valence-electron chi connectivity index (χ4n) is 4.31. The topological polar surface area (TPSA) is 81.8 Å². The van der Waals surface area contributed by atoms with Crippen LogP contribution in [0.25, 0.3) is 0 Å². The average Bonchev–Trinajstić information content (AvgIpc) is 3.30. The Morgan fingerprint density at radius 2 is 1.94 bits per heavy atom. The molecule has 0 unspecified atom stereocenters. The Labute approximate surface area is 196 Å². The molecule has 1 aliphatic rings. The number of H-pyrrole nitrogens is 1. The summed E-state index contributed by atoms with van der Waals surface area (Å²) in [4.78, 5) is 32.3. The lowest BCUT2D eigenvalue weighted by Crippen LogP contribution is -2.41. The Kier molecular flexibility index (Phi) is 9.45. The van der Waals surface area contributed by atoms with E-state index in [2.05, 4.69) is 28.9 Å². The number of rotatable bonds is 7. The van der Waals surface area contributed by atoms with Crippen molar-refractivity contribution in [2.45, 2.75) is 52.1 Å². The van der Waals surface area contributed by atoms with E-state index in [0.29, 0.717) is 32.1 Å². The summed E-state index contributed by atoms with van der Waals surface area (Å²) in [6.45, 7) is 7.88. The Bertz CT molecular complexity index is 884. The Morgan fingerprint density at radius 1 is 1.12 bits per heavy atom. The quantitative estimate of drug-likeness (QED) is 0.694. The van der Waals surface area contributed by atoms with Gasteiger partial charge in [0.15, 0.2) is 0 Å². The summed E-state index contributed by atoms with van der Waals surface area (Å²) in [5.74, 6) is 0.0873. The molecule has 1 N–H and O–H groups in total. The number of ether oxygens (including phenoxy) is 1. The van der Waals surface area contributed by atoms with E-state index in [1.54, 1.807) is 13.3 Å². The Hall–Kier alpha value is -2.71. The van der Waals surface area contributed by atoms with Gasteiger partial charge in [0.25, 0.3) is 5.91 Å². The molecule has 3 rings (SSSR count). The number of hydrogen-bond acceptors (Lipinski definition) is 5. The van der Waals surface area contributed by atoms with Gasteiger partial charge >= 0.3 is 0 Å². The van der Waals surface area contributed by atoms with Crippen LogP contribution in [-0.4, -0.2) is 77.7 Å². The van der Waals surface area contributed by atoms with Gasteiger partial charge in [-0.25, -0.2) is 0 Å². The first-order chi connectivity index (χ1) is 16.0. The van der Waals surface area contributed by atoms with Crippen LogP contribution in [0, 0.1) is 0 Å². The standard InChI is InChI=1S/C25H37N5O3/c1-20(2)28-12-7-13-30(25(32)19-33-3)23-10-5-4-9-22(23)18-29(15-14-28)24(31)11-6-8-21-16-26-27-17-21/h4-5,9-10,16-17,20H,6-8,11-15,18-19H2,1-3H3,(H,26,27). The maximum absolute atomic E-state index is 13.3. The maximum atomic E-state index is 13.3. The molecule has 33 heavy (non-hydrogen) atoms. The van der Waals surface area contributed by atoms with E-state index >= 15 is 0 Å². The first-order valence-electron chi connectivity index (χ1n) is 11.9. The van der Waals surface area contributed by atoms with Gasteiger partial charge in [-0.15, -0.1) is 0 Å². The maximum Gasteiger partial charge on any atom is 0.252 e. The molecule has 0 atom stereocenters. The minimum Gasteiger partial charge on any atom is -0.375 e. The second kappa shape index (κ2) is 12.5. The molecule has 0 saturated heterocycles. The van der Waals surface area contributed by atoms with Crippen LogP contribution in [0.1, 0.15) is 44.2 Å². The lowest BCUT2D eigenvalue weighted by Gasteiger charge is -2.30. The van der Waals surface area contributed by atoms with E-state index in [1.807, 2.05) is 40.3 Å². The number of nitrogens with one attached hydrogen (secondary N) is 1. The van der Waals surface area contributed by atoms with Gasteiger partial charge in [0.2, 0.25) is 5.91 Å². The Balaban J connectivity index is 1.81. The summed E-state index contributed by atoms with van der Waals surface area (Å²) in [5.41, 5.74) is 2.97. The van der Waals surface area contributed by atoms with Crippen molar-refractivity contribution >= 4 is 17.5 Å². The number of methoxy groups -OCH3 is 1. The molecule has 1 aliphatic heterocycles. The number of carbonyl (C=O) groups excluding carboxylic acids is 2. The van der Waals surface area contributed by atoms with Crippen molar-refractivity contribution in [2.75, 3.05) is 44.8 Å². The Morgan fingerprint density at radius 3 is 2.67 bits per heavy atom. The molecule has 8 heteroatoms. The number of fused-ring (bicyclic) bond motifs is 1. The van der Waals surface area contributed by atoms with Gasteiger partial charge in [-0.3, -0.25) is 19.6 Å². The summed E-state index contributed by atoms with van der Waals surface area (Å²) in [6, 6.07) is 8.28. The number of para-hydroxylation sites is 1. The highest BCUT2D eigenvalue weighted by atomic mass is 16.5. The summed E-state index contributed by atoms with van der Waals surface area (Å²) in [5, 5.41) is 6.80. The van der Waals surface area contributed by atoms with Crippen molar-refractivity contribution in [3.05, 3.63) is 47.8 Å². The molecule has 0 radical (unpaired) electrons. The molecule has 1 aromatic carbocycles. The molecule has 2 aromatic rings. The number of aryl methyl sites for hydroxylation is 1. The van der Waals surface area contributed by atoms with Crippen LogP contribution >= 0.6 is 0 Å². The molecular weight excluding hydrogens is 418 g/mol. The van der Waals surface area contributed by atoms with Gasteiger partial charge in [0.05, 0.1) is 6.20 Å². The highest BCUT2D eigenvalue weighted by molar-refractivity contribution is 5.95. The van der Waals surface area contributed by atoms with Crippen LogP contribution in [0.5, 0.6) is 0 Å². The highest BCUT2D eigenvalue weighted by Crippen LogP contribution is 2.24. The number of hydrogen-bond donors (Lipinski definition) is 1. The van der Waals surface area contributed by atoms with Crippen molar-refractivity contribution in [3.63, 3.8) is 0 Å². The normalized spacial score (nSPS) is 15.9. The minimum atomic E-state index is -0.0571. The second-order valence-electron chi connectivity index (χ2n) is 8.87. The van der Waals surface area contributed by atoms with Crippen LogP contribution in [-0.2, 0) is 27.3 Å². The van der Waals surface area contributed by atoms with Gasteiger partial charge in [-0.1, -0.05) is 18.2 Å². The van der Waals surface area contributed by atoms with Crippen molar-refractivity contribution < 1.29 is 14.3 Å². The predicted octanol–water partition coefficient (Wildman–Crippen LogP) is 2.85. The van der Waals surface area contributed by atoms with E-state index in [-0.39, 0.29) is 18.4 Å². The number of amides is 2. The van der Waals surface area contributed by atoms with Crippen LogP contribution < -0.4 is 4.90 Å². The van der Waals surface area contributed by atoms with Gasteiger partial charge in [-0.2, -0.15) is 5.10 Å². The van der Waals surface area contributed by atoms with E-state index in [4.69, 9.17) is 4.74 Å². The number of nitrogens with zero attached hydrogens (tertiary/aromatic N) is 4. The van der Waals surface area contributed by atoms with Crippen LogP contribution in [0.15, 0.2) is 36.7 Å². The molecule has 1 aromatic heterocycles. The molecule has 0 spiro atoms. The van der Waals surface area contributed by atoms with Crippen LogP contribution in [0.4, 0.5) is 5.69 Å². The number of carbonyl (C=O) groups is 2.